The van der Waals surface area contributed by atoms with Gasteiger partial charge >= 0.3 is 5.97 Å². The highest BCUT2D eigenvalue weighted by molar-refractivity contribution is 6.09. The van der Waals surface area contributed by atoms with Crippen molar-refractivity contribution in [3.05, 3.63) is 47.4 Å². The zero-order valence-electron chi connectivity index (χ0n) is 14.0. The van der Waals surface area contributed by atoms with Gasteiger partial charge in [0.1, 0.15) is 18.2 Å². The van der Waals surface area contributed by atoms with Crippen molar-refractivity contribution in [1.29, 1.82) is 0 Å². The van der Waals surface area contributed by atoms with Crippen LogP contribution in [0.5, 0.6) is 0 Å². The molecule has 6 nitrogen and oxygen atoms in total. The van der Waals surface area contributed by atoms with E-state index in [1.165, 1.54) is 30.1 Å². The number of carbonyl (C=O) groups excluding carboxylic acids is 1. The Morgan fingerprint density at radius 1 is 1.24 bits per heavy atom. The molecule has 0 radical (unpaired) electrons. The van der Waals surface area contributed by atoms with E-state index in [4.69, 9.17) is 5.11 Å². The fourth-order valence-electron chi connectivity index (χ4n) is 2.94. The molecule has 0 saturated carbocycles. The van der Waals surface area contributed by atoms with E-state index in [2.05, 4.69) is 9.97 Å². The summed E-state index contributed by atoms with van der Waals surface area (Å²) >= 11 is 0. The molecule has 1 aromatic carbocycles. The fourth-order valence-corrected chi connectivity index (χ4v) is 2.94. The molecule has 7 heteroatoms. The van der Waals surface area contributed by atoms with Crippen LogP contribution in [-0.4, -0.2) is 31.4 Å². The van der Waals surface area contributed by atoms with Gasteiger partial charge < -0.3 is 9.67 Å². The van der Waals surface area contributed by atoms with Crippen LogP contribution in [0.2, 0.25) is 0 Å². The molecule has 0 aliphatic heterocycles. The number of aryl methyl sites for hydroxylation is 2. The van der Waals surface area contributed by atoms with Crippen LogP contribution in [0.1, 0.15) is 28.7 Å². The molecular weight excluding hydrogens is 325 g/mol. The number of benzene rings is 1. The molecule has 128 valence electrons. The largest absolute Gasteiger partial charge is 0.480 e. The third kappa shape index (κ3) is 2.88. The smallest absolute Gasteiger partial charge is 0.323 e. The lowest BCUT2D eigenvalue weighted by Gasteiger charge is -2.10. The van der Waals surface area contributed by atoms with Crippen molar-refractivity contribution in [3.63, 3.8) is 0 Å². The summed E-state index contributed by atoms with van der Waals surface area (Å²) in [6.45, 7) is 4.34. The summed E-state index contributed by atoms with van der Waals surface area (Å²) in [4.78, 5) is 31.2. The topological polar surface area (TPSA) is 85.1 Å². The molecule has 3 rings (SSSR count). The second-order valence-electron chi connectivity index (χ2n) is 5.90. The first-order valence-electron chi connectivity index (χ1n) is 7.63. The van der Waals surface area contributed by atoms with Gasteiger partial charge in [0.2, 0.25) is 0 Å². The summed E-state index contributed by atoms with van der Waals surface area (Å²) in [7, 11) is 0. The van der Waals surface area contributed by atoms with E-state index in [1.54, 1.807) is 19.9 Å². The summed E-state index contributed by atoms with van der Waals surface area (Å²) in [5, 5.41) is 9.59. The number of nitrogens with zero attached hydrogens (tertiary/aromatic N) is 3. The molecule has 25 heavy (non-hydrogen) atoms. The molecule has 2 aromatic heterocycles. The third-order valence-corrected chi connectivity index (χ3v) is 4.10. The van der Waals surface area contributed by atoms with Crippen molar-refractivity contribution in [3.8, 4) is 11.1 Å². The Kier molecular flexibility index (Phi) is 4.08. The highest BCUT2D eigenvalue weighted by atomic mass is 19.1. The van der Waals surface area contributed by atoms with E-state index in [1.807, 2.05) is 0 Å². The Balaban J connectivity index is 2.34. The van der Waals surface area contributed by atoms with Crippen LogP contribution in [0.25, 0.3) is 22.0 Å². The molecule has 0 fully saturated rings. The van der Waals surface area contributed by atoms with E-state index < -0.39 is 11.8 Å². The standard InChI is InChI=1S/C18H16FN3O3/c1-9-17(19)13(12-5-20-11(3)21-6-12)4-14-15(10(2)23)7-22(18(9)14)8-16(24)25/h4-7H,8H2,1-3H3,(H,24,25). The minimum absolute atomic E-state index is 0.216. The zero-order valence-corrected chi connectivity index (χ0v) is 14.0. The number of carbonyl (C=O) groups is 2. The van der Waals surface area contributed by atoms with Gasteiger partial charge in [-0.05, 0) is 26.8 Å². The molecule has 0 atom stereocenters. The van der Waals surface area contributed by atoms with Gasteiger partial charge in [-0.1, -0.05) is 0 Å². The molecule has 0 bridgehead atoms. The first-order valence-corrected chi connectivity index (χ1v) is 7.63. The van der Waals surface area contributed by atoms with Crippen LogP contribution >= 0.6 is 0 Å². The van der Waals surface area contributed by atoms with Gasteiger partial charge in [0.15, 0.2) is 5.78 Å². The number of carboxylic acid groups (broad SMARTS) is 1. The van der Waals surface area contributed by atoms with Crippen LogP contribution in [0.15, 0.2) is 24.7 Å². The molecule has 0 unspecified atom stereocenters. The molecule has 0 aliphatic carbocycles. The number of fused-ring (bicyclic) bond motifs is 1. The quantitative estimate of drug-likeness (QED) is 0.737. The number of aromatic nitrogens is 3. The molecule has 3 aromatic rings. The number of hydrogen-bond acceptors (Lipinski definition) is 4. The number of carboxylic acids is 1. The highest BCUT2D eigenvalue weighted by Gasteiger charge is 2.21. The lowest BCUT2D eigenvalue weighted by atomic mass is 9.99. The summed E-state index contributed by atoms with van der Waals surface area (Å²) in [5.41, 5.74) is 1.81. The lowest BCUT2D eigenvalue weighted by Crippen LogP contribution is -2.08. The normalized spacial score (nSPS) is 11.0. The van der Waals surface area contributed by atoms with Gasteiger partial charge in [-0.15, -0.1) is 0 Å². The fraction of sp³-hybridized carbons (Fsp3) is 0.222. The molecule has 0 saturated heterocycles. The van der Waals surface area contributed by atoms with Crippen molar-refractivity contribution >= 4 is 22.7 Å². The van der Waals surface area contributed by atoms with Gasteiger partial charge in [-0.3, -0.25) is 9.59 Å². The summed E-state index contributed by atoms with van der Waals surface area (Å²) in [6, 6.07) is 1.56. The Hall–Kier alpha value is -3.09. The number of halogens is 1. The van der Waals surface area contributed by atoms with Crippen molar-refractivity contribution in [2.75, 3.05) is 0 Å². The average molecular weight is 341 g/mol. The third-order valence-electron chi connectivity index (χ3n) is 4.10. The van der Waals surface area contributed by atoms with Crippen molar-refractivity contribution in [1.82, 2.24) is 14.5 Å². The van der Waals surface area contributed by atoms with Gasteiger partial charge in [-0.25, -0.2) is 14.4 Å². The first kappa shape index (κ1) is 16.8. The van der Waals surface area contributed by atoms with Gasteiger partial charge in [0.05, 0.1) is 5.52 Å². The lowest BCUT2D eigenvalue weighted by molar-refractivity contribution is -0.137. The number of rotatable bonds is 4. The second kappa shape index (κ2) is 6.08. The van der Waals surface area contributed by atoms with Gasteiger partial charge in [-0.2, -0.15) is 0 Å². The average Bonchev–Trinajstić information content (AvgIpc) is 2.90. The number of ketones is 1. The minimum Gasteiger partial charge on any atom is -0.480 e. The summed E-state index contributed by atoms with van der Waals surface area (Å²) in [6.07, 6.45) is 4.50. The van der Waals surface area contributed by atoms with Crippen LogP contribution in [-0.2, 0) is 11.3 Å². The van der Waals surface area contributed by atoms with Gasteiger partial charge in [0, 0.05) is 46.2 Å². The first-order chi connectivity index (χ1) is 11.8. The number of Topliss-reactive ketones (excluding diaryl/α,β-unsaturated/α-hetero) is 1. The second-order valence-corrected chi connectivity index (χ2v) is 5.90. The maximum atomic E-state index is 14.9. The van der Waals surface area contributed by atoms with Crippen molar-refractivity contribution in [2.45, 2.75) is 27.3 Å². The monoisotopic (exact) mass is 341 g/mol. The molecular formula is C18H16FN3O3. The molecule has 0 aliphatic rings. The maximum Gasteiger partial charge on any atom is 0.323 e. The Bertz CT molecular complexity index is 1010. The Morgan fingerprint density at radius 2 is 1.88 bits per heavy atom. The molecule has 2 heterocycles. The number of aliphatic carboxylic acids is 1. The van der Waals surface area contributed by atoms with Crippen LogP contribution < -0.4 is 0 Å². The van der Waals surface area contributed by atoms with Gasteiger partial charge in [0.25, 0.3) is 0 Å². The van der Waals surface area contributed by atoms with Crippen LogP contribution in [0.4, 0.5) is 4.39 Å². The van der Waals surface area contributed by atoms with Crippen molar-refractivity contribution in [2.24, 2.45) is 0 Å². The Morgan fingerprint density at radius 3 is 2.44 bits per heavy atom. The summed E-state index contributed by atoms with van der Waals surface area (Å²) in [5.74, 6) is -1.20. The highest BCUT2D eigenvalue weighted by Crippen LogP contribution is 2.33. The minimum atomic E-state index is -1.07. The number of hydrogen-bond donors (Lipinski definition) is 1. The predicted octanol–water partition coefficient (Wildman–Crippen LogP) is 3.14. The van der Waals surface area contributed by atoms with Crippen LogP contribution in [0.3, 0.4) is 0 Å². The Labute approximate surface area is 143 Å². The zero-order chi connectivity index (χ0) is 18.3. The predicted molar refractivity (Wildman–Crippen MR) is 90.0 cm³/mol. The maximum absolute atomic E-state index is 14.9. The summed E-state index contributed by atoms with van der Waals surface area (Å²) < 4.78 is 16.3. The molecule has 0 spiro atoms. The van der Waals surface area contributed by atoms with E-state index >= 15 is 0 Å². The molecule has 1 N–H and O–H groups in total. The SMILES string of the molecule is CC(=O)c1cn(CC(=O)O)c2c(C)c(F)c(-c3cnc(C)nc3)cc12. The van der Waals surface area contributed by atoms with E-state index in [-0.39, 0.29) is 23.5 Å². The van der Waals surface area contributed by atoms with Crippen molar-refractivity contribution < 1.29 is 19.1 Å². The van der Waals surface area contributed by atoms with E-state index in [0.717, 1.165) is 0 Å². The van der Waals surface area contributed by atoms with E-state index in [9.17, 15) is 14.0 Å². The van der Waals surface area contributed by atoms with Crippen LogP contribution in [0, 0.1) is 19.7 Å². The molecule has 0 amide bonds. The van der Waals surface area contributed by atoms with E-state index in [0.29, 0.717) is 27.9 Å².